The van der Waals surface area contributed by atoms with Gasteiger partial charge in [0.05, 0.1) is 6.04 Å². The van der Waals surface area contributed by atoms with Gasteiger partial charge in [0.2, 0.25) is 12.2 Å². The van der Waals surface area contributed by atoms with Gasteiger partial charge < -0.3 is 34.8 Å². The van der Waals surface area contributed by atoms with Gasteiger partial charge in [-0.25, -0.2) is 4.79 Å². The van der Waals surface area contributed by atoms with Crippen molar-refractivity contribution in [3.05, 3.63) is 0 Å². The molecule has 2 rings (SSSR count). The first kappa shape index (κ1) is 30.6. The van der Waals surface area contributed by atoms with Gasteiger partial charge in [-0.3, -0.25) is 14.5 Å². The van der Waals surface area contributed by atoms with Gasteiger partial charge in [0, 0.05) is 20.4 Å². The van der Waals surface area contributed by atoms with Crippen molar-refractivity contribution in [3.8, 4) is 0 Å². The van der Waals surface area contributed by atoms with Crippen molar-refractivity contribution in [3.63, 3.8) is 0 Å². The molecule has 2 amide bonds. The number of aliphatic hydroxyl groups excluding tert-OH is 3. The van der Waals surface area contributed by atoms with E-state index in [2.05, 4.69) is 12.2 Å². The molecular weight excluding hydrogens is 492 g/mol. The summed E-state index contributed by atoms with van der Waals surface area (Å²) in [5, 5.41) is 34.2. The zero-order valence-electron chi connectivity index (χ0n) is 22.0. The molecule has 2 fully saturated rings. The lowest BCUT2D eigenvalue weighted by molar-refractivity contribution is -0.208. The molecule has 0 saturated carbocycles. The smallest absolute Gasteiger partial charge is 0.413 e. The minimum Gasteiger partial charge on any atom is -0.426 e. The normalized spacial score (nSPS) is 32.5. The minimum atomic E-state index is -1.43. The number of carbonyl (C=O) groups excluding carboxylic acids is 3. The van der Waals surface area contributed by atoms with E-state index in [0.717, 1.165) is 12.8 Å². The number of rotatable bonds is 9. The fraction of sp³-hybridized carbons (Fsp3) is 0.875. The highest BCUT2D eigenvalue weighted by Gasteiger charge is 2.48. The number of aliphatic hydroxyl groups is 3. The third-order valence-corrected chi connectivity index (χ3v) is 7.62. The Hall–Kier alpha value is -1.60. The van der Waals surface area contributed by atoms with Crippen LogP contribution in [0.25, 0.3) is 0 Å². The van der Waals surface area contributed by atoms with Crippen molar-refractivity contribution in [2.75, 3.05) is 12.8 Å². The van der Waals surface area contributed by atoms with E-state index in [4.69, 9.17) is 14.2 Å². The number of piperidine rings is 1. The average molecular weight is 535 g/mol. The molecule has 2 saturated heterocycles. The lowest BCUT2D eigenvalue weighted by Gasteiger charge is -2.45. The van der Waals surface area contributed by atoms with E-state index in [1.54, 1.807) is 6.26 Å². The number of nitrogens with zero attached hydrogens (tertiary/aromatic N) is 1. The number of amides is 2. The van der Waals surface area contributed by atoms with Crippen LogP contribution in [0.5, 0.6) is 0 Å². The van der Waals surface area contributed by atoms with Gasteiger partial charge in [-0.05, 0) is 30.9 Å². The maximum atomic E-state index is 13.6. The standard InChI is InChI=1S/C24H42N2O9S/c1-7-8-15-9-10-26(24(32)34-14(5)33-13(4)27)16(11-15)22(31)25-17(12(2)3)21-19(29)18(28)20(30)23(35-21)36-6/h12,14-21,23,28-30H,7-11H2,1-6H3,(H,25,31)/t14?,15-,16+,17-,18+,19-,20-,21-,23-/m1/s1. The van der Waals surface area contributed by atoms with Gasteiger partial charge in [0.15, 0.2) is 0 Å². The summed E-state index contributed by atoms with van der Waals surface area (Å²) in [5.41, 5.74) is -0.774. The zero-order chi connectivity index (χ0) is 27.2. The Morgan fingerprint density at radius 3 is 2.33 bits per heavy atom. The van der Waals surface area contributed by atoms with Crippen LogP contribution in [-0.2, 0) is 23.8 Å². The van der Waals surface area contributed by atoms with E-state index in [1.807, 2.05) is 13.8 Å². The molecule has 2 aliphatic rings. The van der Waals surface area contributed by atoms with Crippen LogP contribution in [0.4, 0.5) is 4.79 Å². The second kappa shape index (κ2) is 13.8. The highest BCUT2D eigenvalue weighted by molar-refractivity contribution is 7.99. The molecule has 12 heteroatoms. The quantitative estimate of drug-likeness (QED) is 0.251. The molecule has 36 heavy (non-hydrogen) atoms. The van der Waals surface area contributed by atoms with Gasteiger partial charge in [0.25, 0.3) is 0 Å². The van der Waals surface area contributed by atoms with Crippen LogP contribution in [0.15, 0.2) is 0 Å². The number of likely N-dealkylation sites (tertiary alicyclic amines) is 1. The number of nitrogens with one attached hydrogen (secondary N) is 1. The maximum absolute atomic E-state index is 13.6. The molecule has 2 aliphatic heterocycles. The molecule has 0 aliphatic carbocycles. The largest absolute Gasteiger partial charge is 0.426 e. The third-order valence-electron chi connectivity index (χ3n) is 6.76. The molecular formula is C24H42N2O9S. The van der Waals surface area contributed by atoms with Crippen LogP contribution in [0.2, 0.25) is 0 Å². The molecule has 0 aromatic carbocycles. The monoisotopic (exact) mass is 534 g/mol. The Morgan fingerprint density at radius 2 is 1.78 bits per heavy atom. The molecule has 2 heterocycles. The van der Waals surface area contributed by atoms with Crippen molar-refractivity contribution in [2.45, 2.75) is 109 Å². The van der Waals surface area contributed by atoms with Gasteiger partial charge >= 0.3 is 12.1 Å². The van der Waals surface area contributed by atoms with Crippen molar-refractivity contribution < 1.29 is 43.9 Å². The summed E-state index contributed by atoms with van der Waals surface area (Å²) in [6, 6.07) is -1.53. The Bertz CT molecular complexity index is 753. The van der Waals surface area contributed by atoms with Crippen LogP contribution in [0.1, 0.15) is 60.3 Å². The predicted molar refractivity (Wildman–Crippen MR) is 133 cm³/mol. The lowest BCUT2D eigenvalue weighted by atomic mass is 9.86. The second-order valence-corrected chi connectivity index (χ2v) is 10.8. The molecule has 11 nitrogen and oxygen atoms in total. The SMILES string of the molecule is CCC[C@@H]1CCN(C(=O)OC(C)OC(C)=O)[C@H](C(=O)N[C@H](C(C)C)[C@H]2O[C@H](SC)[C@H](O)[C@@H](O)[C@H]2O)C1. The maximum Gasteiger partial charge on any atom is 0.413 e. The summed E-state index contributed by atoms with van der Waals surface area (Å²) in [5.74, 6) is -0.970. The summed E-state index contributed by atoms with van der Waals surface area (Å²) >= 11 is 1.20. The summed E-state index contributed by atoms with van der Waals surface area (Å²) in [6.45, 7) is 8.71. The van der Waals surface area contributed by atoms with Crippen molar-refractivity contribution >= 4 is 29.7 Å². The van der Waals surface area contributed by atoms with Gasteiger partial charge in [-0.1, -0.05) is 33.6 Å². The van der Waals surface area contributed by atoms with Gasteiger partial charge in [-0.2, -0.15) is 0 Å². The number of ether oxygens (including phenoxy) is 3. The Morgan fingerprint density at radius 1 is 1.11 bits per heavy atom. The molecule has 0 radical (unpaired) electrons. The summed E-state index contributed by atoms with van der Waals surface area (Å²) in [7, 11) is 0. The molecule has 4 N–H and O–H groups in total. The van der Waals surface area contributed by atoms with Gasteiger partial charge in [-0.15, -0.1) is 11.8 Å². The summed E-state index contributed by atoms with van der Waals surface area (Å²) in [6.07, 6.45) is -2.22. The third kappa shape index (κ3) is 7.70. The summed E-state index contributed by atoms with van der Waals surface area (Å²) < 4.78 is 16.0. The van der Waals surface area contributed by atoms with Crippen molar-refractivity contribution in [1.29, 1.82) is 0 Å². The Labute approximate surface area is 217 Å². The van der Waals surface area contributed by atoms with E-state index < -0.39 is 66.2 Å². The van der Waals surface area contributed by atoms with Crippen molar-refractivity contribution in [2.24, 2.45) is 11.8 Å². The van der Waals surface area contributed by atoms with E-state index in [0.29, 0.717) is 19.4 Å². The molecule has 0 aromatic rings. The minimum absolute atomic E-state index is 0.196. The molecule has 1 unspecified atom stereocenters. The van der Waals surface area contributed by atoms with E-state index in [1.165, 1.54) is 30.5 Å². The Balaban J connectivity index is 2.23. The predicted octanol–water partition coefficient (Wildman–Crippen LogP) is 1.22. The fourth-order valence-corrected chi connectivity index (χ4v) is 5.58. The zero-order valence-corrected chi connectivity index (χ0v) is 22.8. The summed E-state index contributed by atoms with van der Waals surface area (Å²) in [4.78, 5) is 39.0. The number of hydrogen-bond donors (Lipinski definition) is 4. The number of carbonyl (C=O) groups is 3. The first-order valence-corrected chi connectivity index (χ1v) is 13.9. The Kier molecular flexibility index (Phi) is 11.7. The molecule has 0 bridgehead atoms. The highest BCUT2D eigenvalue weighted by Crippen LogP contribution is 2.32. The number of hydrogen-bond acceptors (Lipinski definition) is 10. The topological polar surface area (TPSA) is 155 Å². The lowest BCUT2D eigenvalue weighted by Crippen LogP contribution is -2.65. The van der Waals surface area contributed by atoms with Crippen LogP contribution in [-0.4, -0.2) is 99.2 Å². The number of esters is 1. The average Bonchev–Trinajstić information content (AvgIpc) is 2.80. The molecule has 9 atom stereocenters. The molecule has 0 spiro atoms. The van der Waals surface area contributed by atoms with Crippen LogP contribution < -0.4 is 5.32 Å². The van der Waals surface area contributed by atoms with Crippen molar-refractivity contribution in [1.82, 2.24) is 10.2 Å². The van der Waals surface area contributed by atoms with E-state index in [9.17, 15) is 29.7 Å². The molecule has 208 valence electrons. The first-order valence-electron chi connectivity index (χ1n) is 12.6. The molecule has 0 aromatic heterocycles. The second-order valence-electron chi connectivity index (χ2n) is 9.90. The first-order chi connectivity index (χ1) is 16.9. The van der Waals surface area contributed by atoms with Crippen LogP contribution in [0.3, 0.4) is 0 Å². The van der Waals surface area contributed by atoms with E-state index >= 15 is 0 Å². The van der Waals surface area contributed by atoms with Crippen LogP contribution in [0, 0.1) is 11.8 Å². The number of thioether (sulfide) groups is 1. The van der Waals surface area contributed by atoms with Gasteiger partial charge in [0.1, 0.15) is 35.9 Å². The fourth-order valence-electron chi connectivity index (χ4n) is 4.90. The van der Waals surface area contributed by atoms with Crippen LogP contribution >= 0.6 is 11.8 Å². The highest BCUT2D eigenvalue weighted by atomic mass is 32.2. The van der Waals surface area contributed by atoms with E-state index in [-0.39, 0.29) is 11.8 Å².